The van der Waals surface area contributed by atoms with Crippen LogP contribution in [-0.4, -0.2) is 25.7 Å². The lowest BCUT2D eigenvalue weighted by Crippen LogP contribution is -2.20. The fourth-order valence-electron chi connectivity index (χ4n) is 1.45. The molecule has 0 radical (unpaired) electrons. The Labute approximate surface area is 91.3 Å². The topological polar surface area (TPSA) is 43.6 Å². The van der Waals surface area contributed by atoms with Crippen molar-refractivity contribution < 1.29 is 8.78 Å². The van der Waals surface area contributed by atoms with E-state index in [-0.39, 0.29) is 0 Å². The van der Waals surface area contributed by atoms with Crippen molar-refractivity contribution >= 4 is 11.0 Å². The van der Waals surface area contributed by atoms with Crippen LogP contribution in [0.5, 0.6) is 0 Å². The summed E-state index contributed by atoms with van der Waals surface area (Å²) in [5.41, 5.74) is 0.466. The molecular weight excluding hydrogens is 214 g/mol. The highest BCUT2D eigenvalue weighted by atomic mass is 19.3. The number of rotatable bonds is 3. The van der Waals surface area contributed by atoms with E-state index in [9.17, 15) is 8.78 Å². The third-order valence-electron chi connectivity index (χ3n) is 2.17. The van der Waals surface area contributed by atoms with Crippen molar-refractivity contribution in [3.8, 4) is 0 Å². The van der Waals surface area contributed by atoms with Crippen LogP contribution in [-0.2, 0) is 13.0 Å². The average molecular weight is 226 g/mol. The summed E-state index contributed by atoms with van der Waals surface area (Å²) in [5, 5.41) is 4.57. The molecule has 0 unspecified atom stereocenters. The van der Waals surface area contributed by atoms with Crippen molar-refractivity contribution in [2.45, 2.75) is 32.7 Å². The highest BCUT2D eigenvalue weighted by Crippen LogP contribution is 2.18. The Morgan fingerprint density at radius 1 is 1.38 bits per heavy atom. The molecule has 0 aliphatic rings. The van der Waals surface area contributed by atoms with E-state index in [1.54, 1.807) is 6.20 Å². The monoisotopic (exact) mass is 226 g/mol. The molecule has 4 nitrogen and oxygen atoms in total. The Hall–Kier alpha value is -1.59. The van der Waals surface area contributed by atoms with Crippen LogP contribution in [0.4, 0.5) is 8.78 Å². The molecule has 0 saturated heterocycles. The lowest BCUT2D eigenvalue weighted by atomic mass is 10.3. The minimum atomic E-state index is -2.80. The predicted octanol–water partition coefficient (Wildman–Crippen LogP) is 2.04. The van der Waals surface area contributed by atoms with Gasteiger partial charge < -0.3 is 0 Å². The van der Waals surface area contributed by atoms with Crippen molar-refractivity contribution in [1.29, 1.82) is 0 Å². The number of fused-ring (bicyclic) bond motifs is 1. The summed E-state index contributed by atoms with van der Waals surface area (Å²) in [7, 11) is 0. The first kappa shape index (κ1) is 10.9. The van der Waals surface area contributed by atoms with Gasteiger partial charge in [-0.15, -0.1) is 0 Å². The first-order valence-corrected chi connectivity index (χ1v) is 5.05. The SMILES string of the molecule is CCc1ncc2cnn(CC(C)(F)F)c2n1. The smallest absolute Gasteiger partial charge is 0.241 e. The summed E-state index contributed by atoms with van der Waals surface area (Å²) in [5.74, 6) is -2.16. The van der Waals surface area contributed by atoms with Gasteiger partial charge in [-0.1, -0.05) is 6.92 Å². The van der Waals surface area contributed by atoms with Crippen molar-refractivity contribution in [3.05, 3.63) is 18.2 Å². The number of aryl methyl sites for hydroxylation is 1. The molecule has 0 N–H and O–H groups in total. The second-order valence-electron chi connectivity index (χ2n) is 3.79. The van der Waals surface area contributed by atoms with E-state index in [4.69, 9.17) is 0 Å². The number of halogens is 2. The Morgan fingerprint density at radius 2 is 2.12 bits per heavy atom. The molecule has 86 valence electrons. The van der Waals surface area contributed by atoms with E-state index in [2.05, 4.69) is 15.1 Å². The summed E-state index contributed by atoms with van der Waals surface area (Å²) in [6.07, 6.45) is 3.78. The number of nitrogens with zero attached hydrogens (tertiary/aromatic N) is 4. The van der Waals surface area contributed by atoms with Gasteiger partial charge >= 0.3 is 0 Å². The second-order valence-corrected chi connectivity index (χ2v) is 3.79. The van der Waals surface area contributed by atoms with Crippen molar-refractivity contribution in [2.24, 2.45) is 0 Å². The van der Waals surface area contributed by atoms with Crippen molar-refractivity contribution in [3.63, 3.8) is 0 Å². The van der Waals surface area contributed by atoms with Crippen LogP contribution in [0, 0.1) is 0 Å². The number of alkyl halides is 2. The zero-order valence-corrected chi connectivity index (χ0v) is 9.11. The molecule has 16 heavy (non-hydrogen) atoms. The maximum atomic E-state index is 12.9. The van der Waals surface area contributed by atoms with Crippen LogP contribution in [0.15, 0.2) is 12.4 Å². The van der Waals surface area contributed by atoms with Gasteiger partial charge in [-0.3, -0.25) is 0 Å². The number of aromatic nitrogens is 4. The lowest BCUT2D eigenvalue weighted by Gasteiger charge is -2.10. The molecule has 0 aliphatic heterocycles. The van der Waals surface area contributed by atoms with Crippen molar-refractivity contribution in [2.75, 3.05) is 0 Å². The molecule has 2 aromatic heterocycles. The molecule has 0 spiro atoms. The van der Waals surface area contributed by atoms with Crippen LogP contribution in [0.25, 0.3) is 11.0 Å². The molecule has 2 aromatic rings. The van der Waals surface area contributed by atoms with E-state index in [1.165, 1.54) is 10.9 Å². The van der Waals surface area contributed by atoms with E-state index in [0.29, 0.717) is 23.3 Å². The van der Waals surface area contributed by atoms with Gasteiger partial charge in [-0.25, -0.2) is 23.4 Å². The minimum absolute atomic E-state index is 0.462. The molecule has 0 aromatic carbocycles. The van der Waals surface area contributed by atoms with Crippen LogP contribution >= 0.6 is 0 Å². The van der Waals surface area contributed by atoms with E-state index in [1.807, 2.05) is 6.92 Å². The minimum Gasteiger partial charge on any atom is -0.241 e. The predicted molar refractivity (Wildman–Crippen MR) is 55.3 cm³/mol. The molecular formula is C10H12F2N4. The molecule has 0 fully saturated rings. The zero-order chi connectivity index (χ0) is 11.8. The quantitative estimate of drug-likeness (QED) is 0.804. The summed E-state index contributed by atoms with van der Waals surface area (Å²) in [4.78, 5) is 8.28. The van der Waals surface area contributed by atoms with Crippen molar-refractivity contribution in [1.82, 2.24) is 19.7 Å². The van der Waals surface area contributed by atoms with Crippen LogP contribution in [0.1, 0.15) is 19.7 Å². The largest absolute Gasteiger partial charge is 0.264 e. The van der Waals surface area contributed by atoms with E-state index >= 15 is 0 Å². The van der Waals surface area contributed by atoms with Gasteiger partial charge in [-0.2, -0.15) is 5.10 Å². The molecule has 6 heteroatoms. The zero-order valence-electron chi connectivity index (χ0n) is 9.11. The number of hydrogen-bond acceptors (Lipinski definition) is 3. The molecule has 0 aliphatic carbocycles. The Kier molecular flexibility index (Phi) is 2.57. The summed E-state index contributed by atoms with van der Waals surface area (Å²) >= 11 is 0. The fraction of sp³-hybridized carbons (Fsp3) is 0.500. The fourth-order valence-corrected chi connectivity index (χ4v) is 1.45. The van der Waals surface area contributed by atoms with Crippen LogP contribution in [0.2, 0.25) is 0 Å². The maximum absolute atomic E-state index is 12.9. The first-order valence-electron chi connectivity index (χ1n) is 5.05. The Morgan fingerprint density at radius 3 is 2.75 bits per heavy atom. The van der Waals surface area contributed by atoms with Gasteiger partial charge in [0.2, 0.25) is 0 Å². The average Bonchev–Trinajstić information content (AvgIpc) is 2.58. The Bertz CT molecular complexity index is 501. The summed E-state index contributed by atoms with van der Waals surface area (Å²) < 4.78 is 27.0. The molecule has 0 saturated carbocycles. The van der Waals surface area contributed by atoms with Gasteiger partial charge in [0, 0.05) is 19.5 Å². The highest BCUT2D eigenvalue weighted by Gasteiger charge is 2.23. The molecule has 0 bridgehead atoms. The summed E-state index contributed by atoms with van der Waals surface area (Å²) in [6.45, 7) is 2.31. The Balaban J connectivity index is 2.46. The van der Waals surface area contributed by atoms with Gasteiger partial charge in [0.25, 0.3) is 5.92 Å². The maximum Gasteiger partial charge on any atom is 0.264 e. The van der Waals surface area contributed by atoms with Crippen LogP contribution < -0.4 is 0 Å². The summed E-state index contributed by atoms with van der Waals surface area (Å²) in [6, 6.07) is 0. The van der Waals surface area contributed by atoms with E-state index in [0.717, 1.165) is 6.92 Å². The second kappa shape index (κ2) is 3.77. The molecule has 2 heterocycles. The highest BCUT2D eigenvalue weighted by molar-refractivity contribution is 5.73. The van der Waals surface area contributed by atoms with E-state index < -0.39 is 12.5 Å². The van der Waals surface area contributed by atoms with Crippen LogP contribution in [0.3, 0.4) is 0 Å². The molecule has 0 amide bonds. The lowest BCUT2D eigenvalue weighted by molar-refractivity contribution is 0.00165. The molecule has 0 atom stereocenters. The van der Waals surface area contributed by atoms with Gasteiger partial charge in [-0.05, 0) is 0 Å². The van der Waals surface area contributed by atoms with Gasteiger partial charge in [0.1, 0.15) is 12.4 Å². The van der Waals surface area contributed by atoms with Gasteiger partial charge in [0.15, 0.2) is 5.65 Å². The number of hydrogen-bond donors (Lipinski definition) is 0. The first-order chi connectivity index (χ1) is 7.49. The standard InChI is InChI=1S/C10H12F2N4/c1-3-8-13-4-7-5-14-16(9(7)15-8)6-10(2,11)12/h4-5H,3,6H2,1-2H3. The normalized spacial score (nSPS) is 12.2. The third kappa shape index (κ3) is 2.15. The van der Waals surface area contributed by atoms with Gasteiger partial charge in [0.05, 0.1) is 11.6 Å². The third-order valence-corrected chi connectivity index (χ3v) is 2.17. The molecule has 2 rings (SSSR count).